The molecule has 0 amide bonds. The lowest BCUT2D eigenvalue weighted by Crippen LogP contribution is -2.20. The first kappa shape index (κ1) is 10.7. The van der Waals surface area contributed by atoms with Gasteiger partial charge in [0.05, 0.1) is 0 Å². The Bertz CT molecular complexity index is 334. The minimum Gasteiger partial charge on any atom is -0.370 e. The maximum absolute atomic E-state index is 9.64. The molecule has 0 aliphatic heterocycles. The van der Waals surface area contributed by atoms with Gasteiger partial charge < -0.3 is 10.4 Å². The normalized spacial score (nSPS) is 13.9. The average molecular weight is 192 g/mol. The minimum absolute atomic E-state index is 0.658. The number of allylic oxidation sites excluding steroid dienone is 1. The Balaban J connectivity index is 2.69. The van der Waals surface area contributed by atoms with Crippen LogP contribution in [0.25, 0.3) is 0 Å². The van der Waals surface area contributed by atoms with Crippen molar-refractivity contribution in [2.24, 2.45) is 0 Å². The van der Waals surface area contributed by atoms with E-state index >= 15 is 0 Å². The zero-order valence-electron chi connectivity index (χ0n) is 8.78. The fourth-order valence-corrected chi connectivity index (χ4v) is 1.04. The number of hydrogen-bond acceptors (Lipinski definition) is 3. The van der Waals surface area contributed by atoms with Crippen molar-refractivity contribution in [2.45, 2.75) is 27.0 Å². The van der Waals surface area contributed by atoms with E-state index in [0.29, 0.717) is 5.82 Å². The smallest absolute Gasteiger partial charge is 0.147 e. The largest absolute Gasteiger partial charge is 0.370 e. The first-order valence-electron chi connectivity index (χ1n) is 4.64. The Hall–Kier alpha value is -1.35. The number of aliphatic hydroxyl groups excluding tert-OH is 1. The monoisotopic (exact) mass is 192 g/mol. The van der Waals surface area contributed by atoms with Crippen LogP contribution in [-0.4, -0.2) is 16.3 Å². The molecule has 76 valence electrons. The molecule has 2 N–H and O–H groups in total. The summed E-state index contributed by atoms with van der Waals surface area (Å²) >= 11 is 0. The van der Waals surface area contributed by atoms with Crippen molar-refractivity contribution in [3.05, 3.63) is 35.5 Å². The van der Waals surface area contributed by atoms with Crippen molar-refractivity contribution in [1.82, 2.24) is 4.98 Å². The van der Waals surface area contributed by atoms with Gasteiger partial charge in [0.1, 0.15) is 12.0 Å². The van der Waals surface area contributed by atoms with E-state index < -0.39 is 6.23 Å². The fraction of sp³-hybridized carbons (Fsp3) is 0.364. The molecular formula is C11H16N2O. The van der Waals surface area contributed by atoms with E-state index in [9.17, 15) is 5.11 Å². The molecule has 0 aliphatic carbocycles. The second-order valence-corrected chi connectivity index (χ2v) is 3.24. The van der Waals surface area contributed by atoms with Crippen molar-refractivity contribution in [1.29, 1.82) is 0 Å². The first-order chi connectivity index (χ1) is 6.63. The van der Waals surface area contributed by atoms with Crippen LogP contribution >= 0.6 is 0 Å². The molecule has 0 spiro atoms. The Morgan fingerprint density at radius 2 is 2.29 bits per heavy atom. The summed E-state index contributed by atoms with van der Waals surface area (Å²) in [5.41, 5.74) is 1.81. The number of aliphatic hydroxyl groups is 1. The van der Waals surface area contributed by atoms with Gasteiger partial charge in [0.15, 0.2) is 0 Å². The molecule has 0 aromatic carbocycles. The molecule has 0 aliphatic rings. The number of hydrogen-bond donors (Lipinski definition) is 2. The van der Waals surface area contributed by atoms with E-state index in [-0.39, 0.29) is 0 Å². The number of nitrogens with one attached hydrogen (secondary N) is 1. The number of rotatable bonds is 3. The van der Waals surface area contributed by atoms with Gasteiger partial charge in [-0.05, 0) is 38.5 Å². The van der Waals surface area contributed by atoms with Crippen molar-refractivity contribution in [3.63, 3.8) is 0 Å². The zero-order chi connectivity index (χ0) is 10.6. The minimum atomic E-state index is -0.658. The molecule has 1 heterocycles. The molecule has 0 saturated carbocycles. The number of aryl methyl sites for hydroxylation is 1. The lowest BCUT2D eigenvalue weighted by Gasteiger charge is -2.13. The highest BCUT2D eigenvalue weighted by atomic mass is 16.3. The standard InChI is InChI=1S/C11H16N2O/c1-4-8(2)11(14)13-10-7-5-6-9(3)12-10/h4-7,11,14H,1-3H3,(H,12,13). The van der Waals surface area contributed by atoms with Crippen LogP contribution in [0.4, 0.5) is 5.82 Å². The van der Waals surface area contributed by atoms with Gasteiger partial charge in [-0.25, -0.2) is 4.98 Å². The molecule has 14 heavy (non-hydrogen) atoms. The second-order valence-electron chi connectivity index (χ2n) is 3.24. The topological polar surface area (TPSA) is 45.1 Å². The van der Waals surface area contributed by atoms with E-state index in [1.54, 1.807) is 0 Å². The molecule has 1 aromatic heterocycles. The molecular weight excluding hydrogens is 176 g/mol. The molecule has 0 radical (unpaired) electrons. The highest BCUT2D eigenvalue weighted by Gasteiger charge is 2.05. The predicted octanol–water partition coefficient (Wildman–Crippen LogP) is 2.09. The summed E-state index contributed by atoms with van der Waals surface area (Å²) in [5, 5.41) is 12.6. The number of nitrogens with zero attached hydrogens (tertiary/aromatic N) is 1. The van der Waals surface area contributed by atoms with Crippen LogP contribution in [0, 0.1) is 6.92 Å². The third kappa shape index (κ3) is 2.85. The van der Waals surface area contributed by atoms with Crippen molar-refractivity contribution in [2.75, 3.05) is 5.32 Å². The Morgan fingerprint density at radius 3 is 2.86 bits per heavy atom. The Morgan fingerprint density at radius 1 is 1.57 bits per heavy atom. The van der Waals surface area contributed by atoms with Crippen LogP contribution < -0.4 is 5.32 Å². The van der Waals surface area contributed by atoms with E-state index in [4.69, 9.17) is 0 Å². The molecule has 1 unspecified atom stereocenters. The van der Waals surface area contributed by atoms with Crippen molar-refractivity contribution >= 4 is 5.82 Å². The summed E-state index contributed by atoms with van der Waals surface area (Å²) in [6.07, 6.45) is 1.21. The van der Waals surface area contributed by atoms with Gasteiger partial charge in [-0.3, -0.25) is 0 Å². The summed E-state index contributed by atoms with van der Waals surface area (Å²) < 4.78 is 0. The van der Waals surface area contributed by atoms with Crippen LogP contribution in [0.5, 0.6) is 0 Å². The fourth-order valence-electron chi connectivity index (χ4n) is 1.04. The lowest BCUT2D eigenvalue weighted by molar-refractivity contribution is 0.239. The van der Waals surface area contributed by atoms with Gasteiger partial charge in [-0.2, -0.15) is 0 Å². The van der Waals surface area contributed by atoms with Crippen LogP contribution in [0.1, 0.15) is 19.5 Å². The van der Waals surface area contributed by atoms with E-state index in [1.807, 2.05) is 45.0 Å². The van der Waals surface area contributed by atoms with Crippen LogP contribution in [-0.2, 0) is 0 Å². The lowest BCUT2D eigenvalue weighted by atomic mass is 10.2. The Labute approximate surface area is 84.5 Å². The molecule has 0 saturated heterocycles. The first-order valence-corrected chi connectivity index (χ1v) is 4.64. The molecule has 0 fully saturated rings. The summed E-state index contributed by atoms with van der Waals surface area (Å²) in [5.74, 6) is 0.693. The SMILES string of the molecule is CC=C(C)C(O)Nc1cccc(C)n1. The maximum atomic E-state index is 9.64. The molecule has 0 bridgehead atoms. The highest BCUT2D eigenvalue weighted by Crippen LogP contribution is 2.08. The third-order valence-electron chi connectivity index (χ3n) is 2.06. The average Bonchev–Trinajstić information content (AvgIpc) is 2.16. The molecule has 1 rings (SSSR count). The van der Waals surface area contributed by atoms with Crippen LogP contribution in [0.15, 0.2) is 29.8 Å². The number of anilines is 1. The van der Waals surface area contributed by atoms with E-state index in [2.05, 4.69) is 10.3 Å². The highest BCUT2D eigenvalue weighted by molar-refractivity contribution is 5.37. The molecule has 3 heteroatoms. The van der Waals surface area contributed by atoms with Crippen LogP contribution in [0.3, 0.4) is 0 Å². The van der Waals surface area contributed by atoms with E-state index in [0.717, 1.165) is 11.3 Å². The maximum Gasteiger partial charge on any atom is 0.147 e. The Kier molecular flexibility index (Phi) is 3.65. The van der Waals surface area contributed by atoms with Crippen LogP contribution in [0.2, 0.25) is 0 Å². The van der Waals surface area contributed by atoms with Gasteiger partial charge in [-0.1, -0.05) is 12.1 Å². The predicted molar refractivity (Wildman–Crippen MR) is 58.0 cm³/mol. The summed E-state index contributed by atoms with van der Waals surface area (Å²) in [7, 11) is 0. The zero-order valence-corrected chi connectivity index (χ0v) is 8.78. The molecule has 3 nitrogen and oxygen atoms in total. The number of pyridine rings is 1. The van der Waals surface area contributed by atoms with Gasteiger partial charge in [0.25, 0.3) is 0 Å². The summed E-state index contributed by atoms with van der Waals surface area (Å²) in [6.45, 7) is 5.68. The van der Waals surface area contributed by atoms with Gasteiger partial charge in [0.2, 0.25) is 0 Å². The van der Waals surface area contributed by atoms with Gasteiger partial charge in [-0.15, -0.1) is 0 Å². The van der Waals surface area contributed by atoms with Crippen molar-refractivity contribution in [3.8, 4) is 0 Å². The van der Waals surface area contributed by atoms with Crippen molar-refractivity contribution < 1.29 is 5.11 Å². The second kappa shape index (κ2) is 4.77. The quantitative estimate of drug-likeness (QED) is 0.569. The molecule has 1 aromatic rings. The van der Waals surface area contributed by atoms with Gasteiger partial charge >= 0.3 is 0 Å². The molecule has 1 atom stereocenters. The summed E-state index contributed by atoms with van der Waals surface area (Å²) in [6, 6.07) is 5.65. The third-order valence-corrected chi connectivity index (χ3v) is 2.06. The number of aromatic nitrogens is 1. The van der Waals surface area contributed by atoms with Gasteiger partial charge in [0, 0.05) is 5.69 Å². The summed E-state index contributed by atoms with van der Waals surface area (Å²) in [4.78, 5) is 4.23. The van der Waals surface area contributed by atoms with E-state index in [1.165, 1.54) is 0 Å².